The smallest absolute Gasteiger partial charge is 0.260 e. The van der Waals surface area contributed by atoms with E-state index in [-0.39, 0.29) is 17.0 Å². The average Bonchev–Trinajstić information content (AvgIpc) is 3.06. The van der Waals surface area contributed by atoms with E-state index < -0.39 is 11.7 Å². The molecule has 0 atom stereocenters. The number of aryl methyl sites for hydroxylation is 1. The van der Waals surface area contributed by atoms with E-state index >= 15 is 0 Å². The van der Waals surface area contributed by atoms with Gasteiger partial charge in [-0.3, -0.25) is 4.79 Å². The summed E-state index contributed by atoms with van der Waals surface area (Å²) in [6.07, 6.45) is 0. The van der Waals surface area contributed by atoms with Gasteiger partial charge in [0.15, 0.2) is 11.5 Å². The summed E-state index contributed by atoms with van der Waals surface area (Å²) in [4.78, 5) is 12.9. The molecule has 8 heteroatoms. The van der Waals surface area contributed by atoms with Crippen molar-refractivity contribution in [2.24, 2.45) is 0 Å². The van der Waals surface area contributed by atoms with Gasteiger partial charge in [0.2, 0.25) is 5.75 Å². The van der Waals surface area contributed by atoms with Crippen molar-refractivity contribution >= 4 is 11.7 Å². The molecule has 1 aromatic heterocycles. The summed E-state index contributed by atoms with van der Waals surface area (Å²) in [6.45, 7) is 1.75. The monoisotopic (exact) mass is 385 g/mol. The molecule has 1 N–H and O–H groups in total. The number of methoxy groups -OCH3 is 3. The number of halogens is 1. The Labute approximate surface area is 161 Å². The normalized spacial score (nSPS) is 10.5. The molecule has 0 aliphatic rings. The number of nitrogens with one attached hydrogen (secondary N) is 1. The molecule has 0 spiro atoms. The summed E-state index contributed by atoms with van der Waals surface area (Å²) >= 11 is 0. The molecule has 0 unspecified atom stereocenters. The molecule has 0 aliphatic carbocycles. The summed E-state index contributed by atoms with van der Waals surface area (Å²) in [7, 11) is 4.38. The summed E-state index contributed by atoms with van der Waals surface area (Å²) < 4.78 is 31.5. The molecule has 146 valence electrons. The van der Waals surface area contributed by atoms with Gasteiger partial charge in [-0.05, 0) is 31.2 Å². The van der Waals surface area contributed by atoms with Gasteiger partial charge in [-0.25, -0.2) is 9.07 Å². The number of hydrogen-bond donors (Lipinski definition) is 1. The van der Waals surface area contributed by atoms with Gasteiger partial charge in [-0.2, -0.15) is 5.10 Å². The van der Waals surface area contributed by atoms with Crippen LogP contribution >= 0.6 is 0 Å². The second-order valence-corrected chi connectivity index (χ2v) is 5.87. The highest BCUT2D eigenvalue weighted by Crippen LogP contribution is 2.40. The van der Waals surface area contributed by atoms with Crippen molar-refractivity contribution in [1.29, 1.82) is 0 Å². The molecule has 28 heavy (non-hydrogen) atoms. The van der Waals surface area contributed by atoms with Gasteiger partial charge in [0.25, 0.3) is 5.91 Å². The molecule has 0 saturated carbocycles. The quantitative estimate of drug-likeness (QED) is 0.702. The molecular weight excluding hydrogens is 365 g/mol. The fourth-order valence-corrected chi connectivity index (χ4v) is 2.86. The first kappa shape index (κ1) is 19.2. The maximum Gasteiger partial charge on any atom is 0.260 e. The highest BCUT2D eigenvalue weighted by atomic mass is 19.1. The van der Waals surface area contributed by atoms with Crippen molar-refractivity contribution in [3.8, 4) is 22.9 Å². The maximum atomic E-state index is 14.2. The minimum Gasteiger partial charge on any atom is -0.493 e. The predicted octanol–water partition coefficient (Wildman–Crippen LogP) is 3.60. The second kappa shape index (κ2) is 7.99. The third kappa shape index (κ3) is 3.48. The number of aromatic nitrogens is 2. The van der Waals surface area contributed by atoms with Crippen LogP contribution in [0.4, 0.5) is 10.2 Å². The lowest BCUT2D eigenvalue weighted by Gasteiger charge is -2.16. The number of anilines is 1. The first-order chi connectivity index (χ1) is 13.5. The van der Waals surface area contributed by atoms with Crippen molar-refractivity contribution in [3.63, 3.8) is 0 Å². The summed E-state index contributed by atoms with van der Waals surface area (Å²) in [5, 5.41) is 7.03. The van der Waals surface area contributed by atoms with Crippen LogP contribution in [-0.4, -0.2) is 37.0 Å². The number of hydrogen-bond acceptors (Lipinski definition) is 5. The Balaban J connectivity index is 2.00. The van der Waals surface area contributed by atoms with Crippen LogP contribution in [0.2, 0.25) is 0 Å². The molecule has 1 heterocycles. The van der Waals surface area contributed by atoms with E-state index in [2.05, 4.69) is 10.4 Å². The average molecular weight is 385 g/mol. The highest BCUT2D eigenvalue weighted by molar-refractivity contribution is 6.06. The molecule has 0 radical (unpaired) electrons. The second-order valence-electron chi connectivity index (χ2n) is 5.87. The Bertz CT molecular complexity index is 1020. The predicted molar refractivity (Wildman–Crippen MR) is 102 cm³/mol. The first-order valence-corrected chi connectivity index (χ1v) is 8.42. The highest BCUT2D eigenvalue weighted by Gasteiger charge is 2.22. The van der Waals surface area contributed by atoms with Gasteiger partial charge in [0, 0.05) is 6.07 Å². The lowest BCUT2D eigenvalue weighted by molar-refractivity contribution is 0.102. The molecule has 2 aromatic carbocycles. The standard InChI is InChI=1S/C20H20FN3O4/c1-12-11-17(24(23-12)15-8-6-5-7-14(15)21)22-20(25)13-9-10-16(26-2)19(28-4)18(13)27-3/h5-11H,1-4H3,(H,22,25). The van der Waals surface area contributed by atoms with Crippen LogP contribution in [0.1, 0.15) is 16.1 Å². The Hall–Kier alpha value is -3.55. The Morgan fingerprint density at radius 2 is 1.75 bits per heavy atom. The first-order valence-electron chi connectivity index (χ1n) is 8.42. The topological polar surface area (TPSA) is 74.6 Å². The van der Waals surface area contributed by atoms with E-state index in [1.54, 1.807) is 43.3 Å². The van der Waals surface area contributed by atoms with Gasteiger partial charge in [-0.15, -0.1) is 0 Å². The molecule has 0 fully saturated rings. The molecule has 0 aliphatic heterocycles. The summed E-state index contributed by atoms with van der Waals surface area (Å²) in [5.41, 5.74) is 1.09. The summed E-state index contributed by atoms with van der Waals surface area (Å²) in [5.74, 6) is 0.372. The number of carbonyl (C=O) groups is 1. The van der Waals surface area contributed by atoms with Crippen LogP contribution < -0.4 is 19.5 Å². The van der Waals surface area contributed by atoms with Crippen molar-refractivity contribution in [2.45, 2.75) is 6.92 Å². The Kier molecular flexibility index (Phi) is 5.49. The van der Waals surface area contributed by atoms with Gasteiger partial charge in [-0.1, -0.05) is 12.1 Å². The number of amides is 1. The van der Waals surface area contributed by atoms with E-state index in [0.717, 1.165) is 0 Å². The van der Waals surface area contributed by atoms with Gasteiger partial charge < -0.3 is 19.5 Å². The van der Waals surface area contributed by atoms with Gasteiger partial charge >= 0.3 is 0 Å². The minimum absolute atomic E-state index is 0.227. The largest absolute Gasteiger partial charge is 0.493 e. The molecule has 3 aromatic rings. The Morgan fingerprint density at radius 1 is 1.04 bits per heavy atom. The van der Waals surface area contributed by atoms with E-state index in [9.17, 15) is 9.18 Å². The van der Waals surface area contributed by atoms with Crippen LogP contribution in [0.3, 0.4) is 0 Å². The van der Waals surface area contributed by atoms with E-state index in [1.165, 1.54) is 32.1 Å². The van der Waals surface area contributed by atoms with Crippen LogP contribution in [0.15, 0.2) is 42.5 Å². The third-order valence-corrected chi connectivity index (χ3v) is 4.10. The van der Waals surface area contributed by atoms with Crippen LogP contribution in [0.25, 0.3) is 5.69 Å². The SMILES string of the molecule is COc1ccc(C(=O)Nc2cc(C)nn2-c2ccccc2F)c(OC)c1OC. The number of nitrogens with zero attached hydrogens (tertiary/aromatic N) is 2. The number of rotatable bonds is 6. The number of benzene rings is 2. The number of carbonyl (C=O) groups excluding carboxylic acids is 1. The lowest BCUT2D eigenvalue weighted by Crippen LogP contribution is -2.17. The molecule has 0 saturated heterocycles. The maximum absolute atomic E-state index is 14.2. The zero-order valence-corrected chi connectivity index (χ0v) is 15.9. The number of para-hydroxylation sites is 1. The zero-order valence-electron chi connectivity index (χ0n) is 15.9. The molecule has 3 rings (SSSR count). The van der Waals surface area contributed by atoms with Gasteiger partial charge in [0.1, 0.15) is 17.3 Å². The van der Waals surface area contributed by atoms with E-state index in [1.807, 2.05) is 0 Å². The van der Waals surface area contributed by atoms with Crippen LogP contribution in [0, 0.1) is 12.7 Å². The third-order valence-electron chi connectivity index (χ3n) is 4.10. The molecule has 1 amide bonds. The van der Waals surface area contributed by atoms with Crippen molar-refractivity contribution in [3.05, 3.63) is 59.5 Å². The molecular formula is C20H20FN3O4. The molecule has 0 bridgehead atoms. The number of ether oxygens (including phenoxy) is 3. The van der Waals surface area contributed by atoms with Crippen molar-refractivity contribution < 1.29 is 23.4 Å². The zero-order chi connectivity index (χ0) is 20.3. The molecule has 7 nitrogen and oxygen atoms in total. The summed E-state index contributed by atoms with van der Waals surface area (Å²) in [6, 6.07) is 11.0. The lowest BCUT2D eigenvalue weighted by atomic mass is 10.1. The van der Waals surface area contributed by atoms with Crippen molar-refractivity contribution in [1.82, 2.24) is 9.78 Å². The van der Waals surface area contributed by atoms with E-state index in [4.69, 9.17) is 14.2 Å². The Morgan fingerprint density at radius 3 is 2.39 bits per heavy atom. The van der Waals surface area contributed by atoms with Crippen LogP contribution in [-0.2, 0) is 0 Å². The van der Waals surface area contributed by atoms with E-state index in [0.29, 0.717) is 23.0 Å². The fourth-order valence-electron chi connectivity index (χ4n) is 2.86. The van der Waals surface area contributed by atoms with Crippen molar-refractivity contribution in [2.75, 3.05) is 26.6 Å². The minimum atomic E-state index is -0.463. The fraction of sp³-hybridized carbons (Fsp3) is 0.200. The van der Waals surface area contributed by atoms with Crippen LogP contribution in [0.5, 0.6) is 17.2 Å². The van der Waals surface area contributed by atoms with Gasteiger partial charge in [0.05, 0.1) is 32.6 Å².